The zero-order chi connectivity index (χ0) is 13.7. The lowest BCUT2D eigenvalue weighted by atomic mass is 10.0. The van der Waals surface area contributed by atoms with Gasteiger partial charge in [-0.2, -0.15) is 0 Å². The number of rotatable bonds is 5. The first-order valence-electron chi connectivity index (χ1n) is 6.79. The van der Waals surface area contributed by atoms with Gasteiger partial charge < -0.3 is 9.64 Å². The number of halogens is 1. The van der Waals surface area contributed by atoms with E-state index in [2.05, 4.69) is 0 Å². The zero-order valence-electron chi connectivity index (χ0n) is 11.3. The summed E-state index contributed by atoms with van der Waals surface area (Å²) < 4.78 is 5.24. The molecule has 104 valence electrons. The van der Waals surface area contributed by atoms with Gasteiger partial charge in [0.1, 0.15) is 5.75 Å². The van der Waals surface area contributed by atoms with E-state index in [9.17, 15) is 4.79 Å². The lowest BCUT2D eigenvalue weighted by Crippen LogP contribution is -2.35. The van der Waals surface area contributed by atoms with Gasteiger partial charge in [0.25, 0.3) is 0 Å². The van der Waals surface area contributed by atoms with E-state index >= 15 is 0 Å². The van der Waals surface area contributed by atoms with E-state index in [1.165, 1.54) is 5.56 Å². The van der Waals surface area contributed by atoms with Gasteiger partial charge in [-0.1, -0.05) is 0 Å². The van der Waals surface area contributed by atoms with Gasteiger partial charge in [-0.05, 0) is 49.4 Å². The normalized spacial score (nSPS) is 14.1. The first-order valence-corrected chi connectivity index (χ1v) is 7.33. The average molecular weight is 282 g/mol. The Morgan fingerprint density at radius 2 is 2.26 bits per heavy atom. The van der Waals surface area contributed by atoms with Crippen molar-refractivity contribution in [3.8, 4) is 5.75 Å². The number of carbonyl (C=O) groups is 1. The first-order chi connectivity index (χ1) is 9.26. The quantitative estimate of drug-likeness (QED) is 0.612. The summed E-state index contributed by atoms with van der Waals surface area (Å²) >= 11 is 5.65. The van der Waals surface area contributed by atoms with Gasteiger partial charge in [0.2, 0.25) is 5.91 Å². The molecular formula is C15H20ClNO2. The monoisotopic (exact) mass is 281 g/mol. The number of carbonyl (C=O) groups excluding carboxylic acids is 1. The Morgan fingerprint density at radius 3 is 3.00 bits per heavy atom. The van der Waals surface area contributed by atoms with Crippen LogP contribution in [0.2, 0.25) is 0 Å². The minimum atomic E-state index is 0.205. The summed E-state index contributed by atoms with van der Waals surface area (Å²) in [6.07, 6.45) is 4.37. The minimum Gasteiger partial charge on any atom is -0.497 e. The van der Waals surface area contributed by atoms with Crippen LogP contribution in [0.4, 0.5) is 5.69 Å². The van der Waals surface area contributed by atoms with Crippen LogP contribution in [0.15, 0.2) is 18.2 Å². The highest BCUT2D eigenvalue weighted by Gasteiger charge is 2.22. The second-order valence-electron chi connectivity index (χ2n) is 4.79. The maximum atomic E-state index is 12.2. The summed E-state index contributed by atoms with van der Waals surface area (Å²) in [7, 11) is 1.67. The van der Waals surface area contributed by atoms with Crippen LogP contribution in [0.1, 0.15) is 31.2 Å². The second kappa shape index (κ2) is 6.80. The fourth-order valence-corrected chi connectivity index (χ4v) is 2.65. The Morgan fingerprint density at radius 1 is 1.42 bits per heavy atom. The number of anilines is 1. The van der Waals surface area contributed by atoms with Crippen LogP contribution in [0.3, 0.4) is 0 Å². The highest BCUT2D eigenvalue weighted by Crippen LogP contribution is 2.31. The average Bonchev–Trinajstić information content (AvgIpc) is 2.46. The van der Waals surface area contributed by atoms with Crippen LogP contribution in [-0.4, -0.2) is 25.4 Å². The Balaban J connectivity index is 2.11. The lowest BCUT2D eigenvalue weighted by molar-refractivity contribution is -0.118. The van der Waals surface area contributed by atoms with E-state index in [0.717, 1.165) is 43.7 Å². The predicted octanol–water partition coefficient (Wildman–Crippen LogP) is 3.38. The maximum Gasteiger partial charge on any atom is 0.226 e. The van der Waals surface area contributed by atoms with E-state index in [1.54, 1.807) is 7.11 Å². The molecule has 19 heavy (non-hydrogen) atoms. The molecule has 1 amide bonds. The van der Waals surface area contributed by atoms with Crippen molar-refractivity contribution in [3.05, 3.63) is 23.8 Å². The Kier molecular flexibility index (Phi) is 5.08. The molecule has 1 aliphatic heterocycles. The summed E-state index contributed by atoms with van der Waals surface area (Å²) in [5.74, 6) is 1.69. The molecule has 0 radical (unpaired) electrons. The van der Waals surface area contributed by atoms with Crippen molar-refractivity contribution in [2.24, 2.45) is 0 Å². The van der Waals surface area contributed by atoms with E-state index < -0.39 is 0 Å². The lowest BCUT2D eigenvalue weighted by Gasteiger charge is -2.30. The van der Waals surface area contributed by atoms with Crippen molar-refractivity contribution in [2.45, 2.75) is 32.1 Å². The summed E-state index contributed by atoms with van der Waals surface area (Å²) in [6.45, 7) is 0.818. The first kappa shape index (κ1) is 14.2. The molecule has 0 spiro atoms. The molecule has 0 unspecified atom stereocenters. The smallest absolute Gasteiger partial charge is 0.226 e. The molecule has 2 rings (SSSR count). The number of hydrogen-bond donors (Lipinski definition) is 0. The molecule has 0 atom stereocenters. The van der Waals surface area contributed by atoms with E-state index in [0.29, 0.717) is 12.3 Å². The number of aryl methyl sites for hydroxylation is 1. The zero-order valence-corrected chi connectivity index (χ0v) is 12.1. The molecule has 0 aromatic heterocycles. The van der Waals surface area contributed by atoms with E-state index in [-0.39, 0.29) is 5.91 Å². The highest BCUT2D eigenvalue weighted by atomic mass is 35.5. The molecule has 4 heteroatoms. The molecular weight excluding hydrogens is 262 g/mol. The number of amides is 1. The van der Waals surface area contributed by atoms with Gasteiger partial charge in [0, 0.05) is 24.5 Å². The number of methoxy groups -OCH3 is 1. The number of ether oxygens (including phenoxy) is 1. The van der Waals surface area contributed by atoms with Crippen molar-refractivity contribution in [1.82, 2.24) is 0 Å². The maximum absolute atomic E-state index is 12.2. The second-order valence-corrected chi connectivity index (χ2v) is 5.17. The Hall–Kier alpha value is -1.22. The van der Waals surface area contributed by atoms with Gasteiger partial charge in [-0.25, -0.2) is 0 Å². The molecule has 3 nitrogen and oxygen atoms in total. The standard InChI is InChI=1S/C15H20ClNO2/c1-19-13-7-8-14-12(11-13)5-4-10-17(14)15(18)6-2-3-9-16/h7-8,11H,2-6,9-10H2,1H3. The van der Waals surface area contributed by atoms with Crippen LogP contribution in [0.5, 0.6) is 5.75 Å². The molecule has 0 saturated carbocycles. The van der Waals surface area contributed by atoms with Crippen molar-refractivity contribution in [1.29, 1.82) is 0 Å². The van der Waals surface area contributed by atoms with Crippen molar-refractivity contribution in [3.63, 3.8) is 0 Å². The van der Waals surface area contributed by atoms with Crippen LogP contribution < -0.4 is 9.64 Å². The van der Waals surface area contributed by atoms with Crippen LogP contribution >= 0.6 is 11.6 Å². The summed E-state index contributed by atoms with van der Waals surface area (Å²) in [4.78, 5) is 14.2. The summed E-state index contributed by atoms with van der Waals surface area (Å²) in [5, 5.41) is 0. The van der Waals surface area contributed by atoms with Gasteiger partial charge in [-0.15, -0.1) is 11.6 Å². The molecule has 1 heterocycles. The molecule has 0 aliphatic carbocycles. The SMILES string of the molecule is COc1ccc2c(c1)CCCN2C(=O)CCCCCl. The van der Waals surface area contributed by atoms with Gasteiger partial charge in [0.15, 0.2) is 0 Å². The third kappa shape index (κ3) is 3.41. The van der Waals surface area contributed by atoms with E-state index in [1.807, 2.05) is 23.1 Å². The number of alkyl halides is 1. The fourth-order valence-electron chi connectivity index (χ4n) is 2.47. The van der Waals surface area contributed by atoms with Crippen LogP contribution in [0, 0.1) is 0 Å². The van der Waals surface area contributed by atoms with Crippen molar-refractivity contribution in [2.75, 3.05) is 24.4 Å². The van der Waals surface area contributed by atoms with Gasteiger partial charge >= 0.3 is 0 Å². The topological polar surface area (TPSA) is 29.5 Å². The number of nitrogens with zero attached hydrogens (tertiary/aromatic N) is 1. The molecule has 1 aliphatic rings. The van der Waals surface area contributed by atoms with Gasteiger partial charge in [-0.3, -0.25) is 4.79 Å². The van der Waals surface area contributed by atoms with Crippen LogP contribution in [-0.2, 0) is 11.2 Å². The molecule has 1 aromatic carbocycles. The van der Waals surface area contributed by atoms with Crippen molar-refractivity contribution >= 4 is 23.2 Å². The Labute approximate surface area is 119 Å². The molecule has 0 N–H and O–H groups in total. The fraction of sp³-hybridized carbons (Fsp3) is 0.533. The molecule has 0 saturated heterocycles. The third-order valence-corrected chi connectivity index (χ3v) is 3.75. The number of fused-ring (bicyclic) bond motifs is 1. The molecule has 0 fully saturated rings. The molecule has 1 aromatic rings. The number of hydrogen-bond acceptors (Lipinski definition) is 2. The third-order valence-electron chi connectivity index (χ3n) is 3.48. The number of benzene rings is 1. The molecule has 0 bridgehead atoms. The minimum absolute atomic E-state index is 0.205. The van der Waals surface area contributed by atoms with Crippen molar-refractivity contribution < 1.29 is 9.53 Å². The van der Waals surface area contributed by atoms with Gasteiger partial charge in [0.05, 0.1) is 7.11 Å². The van der Waals surface area contributed by atoms with Crippen LogP contribution in [0.25, 0.3) is 0 Å². The van der Waals surface area contributed by atoms with E-state index in [4.69, 9.17) is 16.3 Å². The number of unbranched alkanes of at least 4 members (excludes halogenated alkanes) is 1. The largest absolute Gasteiger partial charge is 0.497 e. The Bertz CT molecular complexity index is 448. The predicted molar refractivity (Wildman–Crippen MR) is 78.2 cm³/mol. The highest BCUT2D eigenvalue weighted by molar-refractivity contribution is 6.17. The summed E-state index contributed by atoms with van der Waals surface area (Å²) in [5.41, 5.74) is 2.25. The summed E-state index contributed by atoms with van der Waals surface area (Å²) in [6, 6.07) is 5.95.